The normalized spacial score (nSPS) is 11.3. The van der Waals surface area contributed by atoms with Crippen LogP contribution in [0.3, 0.4) is 0 Å². The van der Waals surface area contributed by atoms with E-state index in [1.54, 1.807) is 13.2 Å². The van der Waals surface area contributed by atoms with Gasteiger partial charge < -0.3 is 4.74 Å². The van der Waals surface area contributed by atoms with Crippen molar-refractivity contribution in [3.8, 4) is 5.75 Å². The summed E-state index contributed by atoms with van der Waals surface area (Å²) >= 11 is 0. The standard InChI is InChI=1S/C18H12FNO/c1-21-15-5-6-16-11(10-15)2-3-12-8-13-9-14(19)4-7-17(13)20-18(12)16/h2-10H,1H3. The van der Waals surface area contributed by atoms with E-state index < -0.39 is 0 Å². The Bertz CT molecular complexity index is 994. The number of ether oxygens (including phenoxy) is 1. The molecule has 0 unspecified atom stereocenters. The van der Waals surface area contributed by atoms with Crippen LogP contribution in [0.25, 0.3) is 32.6 Å². The molecule has 0 fully saturated rings. The maximum atomic E-state index is 13.3. The molecule has 1 heterocycles. The largest absolute Gasteiger partial charge is 0.497 e. The molecular formula is C18H12FNO. The van der Waals surface area contributed by atoms with Gasteiger partial charge in [0.05, 0.1) is 18.1 Å². The molecule has 0 saturated carbocycles. The SMILES string of the molecule is COc1ccc2c(ccc3cc4cc(F)ccc4nc32)c1. The Kier molecular flexibility index (Phi) is 2.54. The number of pyridine rings is 1. The van der Waals surface area contributed by atoms with Gasteiger partial charge in [-0.3, -0.25) is 0 Å². The van der Waals surface area contributed by atoms with Crippen molar-refractivity contribution in [2.75, 3.05) is 7.11 Å². The average Bonchev–Trinajstić information content (AvgIpc) is 2.52. The maximum Gasteiger partial charge on any atom is 0.123 e. The molecule has 0 saturated heterocycles. The Morgan fingerprint density at radius 2 is 1.71 bits per heavy atom. The van der Waals surface area contributed by atoms with Gasteiger partial charge in [0.25, 0.3) is 0 Å². The highest BCUT2D eigenvalue weighted by molar-refractivity contribution is 6.08. The number of hydrogen-bond donors (Lipinski definition) is 0. The van der Waals surface area contributed by atoms with Gasteiger partial charge in [0.15, 0.2) is 0 Å². The first-order valence-corrected chi connectivity index (χ1v) is 6.71. The van der Waals surface area contributed by atoms with Crippen molar-refractivity contribution in [3.05, 3.63) is 60.4 Å². The lowest BCUT2D eigenvalue weighted by Crippen LogP contribution is -1.87. The highest BCUT2D eigenvalue weighted by Crippen LogP contribution is 2.29. The average molecular weight is 277 g/mol. The van der Waals surface area contributed by atoms with Gasteiger partial charge in [-0.05, 0) is 47.9 Å². The number of hydrogen-bond acceptors (Lipinski definition) is 2. The van der Waals surface area contributed by atoms with Crippen molar-refractivity contribution in [2.45, 2.75) is 0 Å². The zero-order valence-corrected chi connectivity index (χ0v) is 11.4. The Labute approximate surface area is 120 Å². The summed E-state index contributed by atoms with van der Waals surface area (Å²) in [7, 11) is 1.66. The molecular weight excluding hydrogens is 265 g/mol. The van der Waals surface area contributed by atoms with Crippen LogP contribution in [0, 0.1) is 5.82 Å². The third-order valence-corrected chi connectivity index (χ3v) is 3.76. The van der Waals surface area contributed by atoms with Gasteiger partial charge in [-0.1, -0.05) is 12.1 Å². The van der Waals surface area contributed by atoms with Gasteiger partial charge in [-0.2, -0.15) is 0 Å². The molecule has 2 nitrogen and oxygen atoms in total. The van der Waals surface area contributed by atoms with E-state index in [-0.39, 0.29) is 5.82 Å². The second-order valence-electron chi connectivity index (χ2n) is 5.05. The molecule has 0 amide bonds. The van der Waals surface area contributed by atoms with E-state index in [1.165, 1.54) is 12.1 Å². The Balaban J connectivity index is 2.12. The molecule has 0 aliphatic heterocycles. The molecule has 0 aliphatic carbocycles. The van der Waals surface area contributed by atoms with Crippen molar-refractivity contribution in [2.24, 2.45) is 0 Å². The topological polar surface area (TPSA) is 22.1 Å². The molecule has 21 heavy (non-hydrogen) atoms. The van der Waals surface area contributed by atoms with E-state index in [9.17, 15) is 4.39 Å². The molecule has 1 aromatic heterocycles. The maximum absolute atomic E-state index is 13.3. The summed E-state index contributed by atoms with van der Waals surface area (Å²) in [5.74, 6) is 0.582. The van der Waals surface area contributed by atoms with Gasteiger partial charge in [0.2, 0.25) is 0 Å². The molecule has 3 aromatic carbocycles. The van der Waals surface area contributed by atoms with E-state index in [2.05, 4.69) is 0 Å². The number of nitrogens with zero attached hydrogens (tertiary/aromatic N) is 1. The summed E-state index contributed by atoms with van der Waals surface area (Å²) in [6.07, 6.45) is 0. The molecule has 0 atom stereocenters. The predicted molar refractivity (Wildman–Crippen MR) is 83.3 cm³/mol. The zero-order valence-electron chi connectivity index (χ0n) is 11.4. The van der Waals surface area contributed by atoms with Crippen LogP contribution in [0.1, 0.15) is 0 Å². The first-order valence-electron chi connectivity index (χ1n) is 6.71. The molecule has 0 spiro atoms. The molecule has 0 radical (unpaired) electrons. The molecule has 3 heteroatoms. The highest BCUT2D eigenvalue weighted by Gasteiger charge is 2.06. The number of aromatic nitrogens is 1. The fraction of sp³-hybridized carbons (Fsp3) is 0.0556. The first-order chi connectivity index (χ1) is 10.2. The lowest BCUT2D eigenvalue weighted by Gasteiger charge is -2.07. The van der Waals surface area contributed by atoms with Crippen LogP contribution < -0.4 is 4.74 Å². The molecule has 102 valence electrons. The summed E-state index contributed by atoms with van der Waals surface area (Å²) in [6, 6.07) is 16.6. The third kappa shape index (κ3) is 1.89. The van der Waals surface area contributed by atoms with Crippen LogP contribution in [-0.2, 0) is 0 Å². The van der Waals surface area contributed by atoms with Crippen LogP contribution in [0.15, 0.2) is 54.6 Å². The number of methoxy groups -OCH3 is 1. The van der Waals surface area contributed by atoms with E-state index in [0.717, 1.165) is 38.3 Å². The Morgan fingerprint density at radius 1 is 0.857 bits per heavy atom. The van der Waals surface area contributed by atoms with Crippen molar-refractivity contribution in [1.29, 1.82) is 0 Å². The quantitative estimate of drug-likeness (QED) is 0.372. The number of fused-ring (bicyclic) bond motifs is 4. The fourth-order valence-electron chi connectivity index (χ4n) is 2.71. The van der Waals surface area contributed by atoms with Crippen LogP contribution >= 0.6 is 0 Å². The minimum absolute atomic E-state index is 0.242. The molecule has 0 N–H and O–H groups in total. The van der Waals surface area contributed by atoms with Crippen LogP contribution in [0.5, 0.6) is 5.75 Å². The van der Waals surface area contributed by atoms with Gasteiger partial charge in [-0.25, -0.2) is 9.37 Å². The minimum Gasteiger partial charge on any atom is -0.497 e. The van der Waals surface area contributed by atoms with Gasteiger partial charge in [-0.15, -0.1) is 0 Å². The summed E-state index contributed by atoms with van der Waals surface area (Å²) < 4.78 is 18.6. The van der Waals surface area contributed by atoms with Crippen LogP contribution in [0.2, 0.25) is 0 Å². The van der Waals surface area contributed by atoms with Crippen LogP contribution in [-0.4, -0.2) is 12.1 Å². The van der Waals surface area contributed by atoms with E-state index >= 15 is 0 Å². The highest BCUT2D eigenvalue weighted by atomic mass is 19.1. The summed E-state index contributed by atoms with van der Waals surface area (Å²) in [6.45, 7) is 0. The Morgan fingerprint density at radius 3 is 2.57 bits per heavy atom. The Hall–Kier alpha value is -2.68. The number of halogens is 1. The van der Waals surface area contributed by atoms with Crippen molar-refractivity contribution >= 4 is 32.6 Å². The predicted octanol–water partition coefficient (Wildman–Crippen LogP) is 4.69. The summed E-state index contributed by atoms with van der Waals surface area (Å²) in [5, 5.41) is 3.97. The second-order valence-corrected chi connectivity index (χ2v) is 5.05. The lowest BCUT2D eigenvalue weighted by molar-refractivity contribution is 0.415. The molecule has 0 aliphatic rings. The second kappa shape index (κ2) is 4.42. The summed E-state index contributed by atoms with van der Waals surface area (Å²) in [4.78, 5) is 4.69. The van der Waals surface area contributed by atoms with Gasteiger partial charge in [0, 0.05) is 16.2 Å². The number of benzene rings is 3. The molecule has 4 rings (SSSR count). The van der Waals surface area contributed by atoms with Crippen molar-refractivity contribution in [1.82, 2.24) is 4.98 Å². The lowest BCUT2D eigenvalue weighted by atomic mass is 10.0. The van der Waals surface area contributed by atoms with Crippen molar-refractivity contribution in [3.63, 3.8) is 0 Å². The number of rotatable bonds is 1. The van der Waals surface area contributed by atoms with E-state index in [4.69, 9.17) is 9.72 Å². The minimum atomic E-state index is -0.242. The van der Waals surface area contributed by atoms with Crippen LogP contribution in [0.4, 0.5) is 4.39 Å². The van der Waals surface area contributed by atoms with E-state index in [0.29, 0.717) is 0 Å². The monoisotopic (exact) mass is 277 g/mol. The molecule has 4 aromatic rings. The summed E-state index contributed by atoms with van der Waals surface area (Å²) in [5.41, 5.74) is 1.72. The zero-order chi connectivity index (χ0) is 14.4. The molecule has 0 bridgehead atoms. The van der Waals surface area contributed by atoms with Gasteiger partial charge in [0.1, 0.15) is 11.6 Å². The fourth-order valence-corrected chi connectivity index (χ4v) is 2.71. The van der Waals surface area contributed by atoms with Gasteiger partial charge >= 0.3 is 0 Å². The van der Waals surface area contributed by atoms with E-state index in [1.807, 2.05) is 36.4 Å². The smallest absolute Gasteiger partial charge is 0.123 e. The third-order valence-electron chi connectivity index (χ3n) is 3.76. The van der Waals surface area contributed by atoms with Crippen molar-refractivity contribution < 1.29 is 9.13 Å². The first kappa shape index (κ1) is 12.1.